The number of anilines is 3. The summed E-state index contributed by atoms with van der Waals surface area (Å²) in [7, 11) is -4.18. The predicted octanol–water partition coefficient (Wildman–Crippen LogP) is 3.52. The van der Waals surface area contributed by atoms with Gasteiger partial charge in [0.15, 0.2) is 0 Å². The fourth-order valence-electron chi connectivity index (χ4n) is 4.50. The number of sulfonamides is 1. The molecule has 3 heterocycles. The van der Waals surface area contributed by atoms with E-state index >= 15 is 4.39 Å². The largest absolute Gasteiger partial charge is 0.384 e. The Kier molecular flexibility index (Phi) is 8.56. The van der Waals surface area contributed by atoms with Crippen molar-refractivity contribution in [3.05, 3.63) is 69.8 Å². The molecule has 0 aliphatic carbocycles. The molecule has 1 fully saturated rings. The molecule has 0 unspecified atom stereocenters. The van der Waals surface area contributed by atoms with Crippen molar-refractivity contribution in [3.8, 4) is 0 Å². The molecular weight excluding hydrogens is 597 g/mol. The third kappa shape index (κ3) is 6.68. The Morgan fingerprint density at radius 3 is 2.51 bits per heavy atom. The molecule has 2 aliphatic rings. The summed E-state index contributed by atoms with van der Waals surface area (Å²) in [5, 5.41) is 5.53. The summed E-state index contributed by atoms with van der Waals surface area (Å²) < 4.78 is 46.9. The Bertz CT molecular complexity index is 1610. The van der Waals surface area contributed by atoms with Gasteiger partial charge in [-0.2, -0.15) is 0 Å². The van der Waals surface area contributed by atoms with Crippen LogP contribution in [0.25, 0.3) is 0 Å². The first-order valence-electron chi connectivity index (χ1n) is 12.5. The molecule has 15 heteroatoms. The highest BCUT2D eigenvalue weighted by atomic mass is 35.5. The molecule has 11 nitrogen and oxygen atoms in total. The summed E-state index contributed by atoms with van der Waals surface area (Å²) in [5.74, 6) is -2.23. The Labute approximate surface area is 244 Å². The van der Waals surface area contributed by atoms with Crippen LogP contribution in [0.3, 0.4) is 0 Å². The van der Waals surface area contributed by atoms with Gasteiger partial charge in [-0.25, -0.2) is 27.2 Å². The van der Waals surface area contributed by atoms with E-state index in [1.54, 1.807) is 18.2 Å². The van der Waals surface area contributed by atoms with E-state index in [-0.39, 0.29) is 31.9 Å². The van der Waals surface area contributed by atoms with Crippen LogP contribution < -0.4 is 20.3 Å². The lowest BCUT2D eigenvalue weighted by Gasteiger charge is -2.28. The van der Waals surface area contributed by atoms with Crippen LogP contribution in [0.5, 0.6) is 0 Å². The number of nitrogens with zero attached hydrogens (tertiary/aromatic N) is 2. The van der Waals surface area contributed by atoms with E-state index in [1.165, 1.54) is 24.3 Å². The first kappa shape index (κ1) is 29.0. The Hall–Kier alpha value is -3.56. The van der Waals surface area contributed by atoms with Gasteiger partial charge in [-0.1, -0.05) is 11.6 Å². The van der Waals surface area contributed by atoms with Crippen LogP contribution in [-0.4, -0.2) is 70.6 Å². The molecule has 1 saturated heterocycles. The van der Waals surface area contributed by atoms with Crippen LogP contribution in [-0.2, 0) is 26.0 Å². The molecule has 2 aromatic carbocycles. The molecule has 0 spiro atoms. The fraction of sp³-hybridized carbons (Fsp3) is 0.269. The van der Waals surface area contributed by atoms with Crippen molar-refractivity contribution in [2.75, 3.05) is 54.9 Å². The Balaban J connectivity index is 1.23. The first-order chi connectivity index (χ1) is 19.6. The monoisotopic (exact) mass is 621 g/mol. The molecule has 4 amide bonds. The average molecular weight is 622 g/mol. The maximum Gasteiger partial charge on any atom is 0.333 e. The molecule has 3 aromatic rings. The topological polar surface area (TPSA) is 137 Å². The number of carbonyl (C=O) groups excluding carboxylic acids is 3. The van der Waals surface area contributed by atoms with Gasteiger partial charge in [0.1, 0.15) is 10.0 Å². The molecule has 0 atom stereocenters. The fourth-order valence-corrected chi connectivity index (χ4v) is 6.89. The number of amides is 4. The predicted molar refractivity (Wildman–Crippen MR) is 153 cm³/mol. The minimum absolute atomic E-state index is 0.0896. The number of imide groups is 1. The van der Waals surface area contributed by atoms with Gasteiger partial charge < -0.3 is 15.4 Å². The number of thiophene rings is 1. The van der Waals surface area contributed by atoms with Crippen LogP contribution in [0, 0.1) is 5.82 Å². The molecule has 0 saturated carbocycles. The van der Waals surface area contributed by atoms with Crippen LogP contribution in [0.2, 0.25) is 4.34 Å². The number of ether oxygens (including phenoxy) is 1. The van der Waals surface area contributed by atoms with Crippen molar-refractivity contribution in [2.24, 2.45) is 0 Å². The van der Waals surface area contributed by atoms with Gasteiger partial charge in [0.2, 0.25) is 5.91 Å². The third-order valence-electron chi connectivity index (χ3n) is 6.48. The van der Waals surface area contributed by atoms with E-state index in [0.29, 0.717) is 25.3 Å². The molecule has 0 bridgehead atoms. The standard InChI is InChI=1S/C26H25ClFN5O6S2/c27-22-5-6-24(40-22)41(37,38)31-26(36)30-18-2-4-21(20(28)15-18)33-23(34)14-16-13-17(1-3-19(16)25(33)35)29-7-8-32-9-11-39-12-10-32/h1-6,13,15,29H,7-12,14H2,(H2,30,31,36). The third-order valence-corrected chi connectivity index (χ3v) is 9.53. The minimum Gasteiger partial charge on any atom is -0.384 e. The number of carbonyl (C=O) groups is 3. The van der Waals surface area contributed by atoms with Gasteiger partial charge in [-0.3, -0.25) is 14.5 Å². The van der Waals surface area contributed by atoms with Gasteiger partial charge in [-0.05, 0) is 54.1 Å². The van der Waals surface area contributed by atoms with E-state index < -0.39 is 33.7 Å². The second kappa shape index (κ2) is 12.1. The molecule has 3 N–H and O–H groups in total. The number of fused-ring (bicyclic) bond motifs is 1. The van der Waals surface area contributed by atoms with Crippen LogP contribution in [0.15, 0.2) is 52.7 Å². The second-order valence-electron chi connectivity index (χ2n) is 9.25. The number of hydrogen-bond donors (Lipinski definition) is 3. The zero-order valence-electron chi connectivity index (χ0n) is 21.5. The lowest BCUT2D eigenvalue weighted by atomic mass is 9.97. The Morgan fingerprint density at radius 2 is 1.80 bits per heavy atom. The van der Waals surface area contributed by atoms with Crippen LogP contribution in [0.4, 0.5) is 26.2 Å². The van der Waals surface area contributed by atoms with E-state index in [2.05, 4.69) is 15.5 Å². The highest BCUT2D eigenvalue weighted by Crippen LogP contribution is 2.31. The van der Waals surface area contributed by atoms with Crippen molar-refractivity contribution in [1.82, 2.24) is 9.62 Å². The van der Waals surface area contributed by atoms with Crippen molar-refractivity contribution >= 4 is 67.9 Å². The number of morpholine rings is 1. The van der Waals surface area contributed by atoms with Crippen molar-refractivity contribution in [3.63, 3.8) is 0 Å². The summed E-state index contributed by atoms with van der Waals surface area (Å²) in [5.41, 5.74) is 1.22. The van der Waals surface area contributed by atoms with Gasteiger partial charge >= 0.3 is 6.03 Å². The van der Waals surface area contributed by atoms with Crippen molar-refractivity contribution in [2.45, 2.75) is 10.6 Å². The minimum atomic E-state index is -4.18. The molecule has 216 valence electrons. The lowest BCUT2D eigenvalue weighted by Crippen LogP contribution is -2.43. The smallest absolute Gasteiger partial charge is 0.333 e. The number of hydrogen-bond acceptors (Lipinski definition) is 9. The van der Waals surface area contributed by atoms with Crippen LogP contribution >= 0.6 is 22.9 Å². The highest BCUT2D eigenvalue weighted by Gasteiger charge is 2.34. The maximum absolute atomic E-state index is 15.1. The number of halogens is 2. The average Bonchev–Trinajstić information content (AvgIpc) is 3.37. The molecule has 2 aliphatic heterocycles. The van der Waals surface area contributed by atoms with Gasteiger partial charge in [-0.15, -0.1) is 11.3 Å². The summed E-state index contributed by atoms with van der Waals surface area (Å²) in [4.78, 5) is 41.4. The molecular formula is C26H25ClFN5O6S2. The lowest BCUT2D eigenvalue weighted by molar-refractivity contribution is -0.117. The van der Waals surface area contributed by atoms with Crippen molar-refractivity contribution in [1.29, 1.82) is 0 Å². The van der Waals surface area contributed by atoms with E-state index in [0.717, 1.165) is 47.6 Å². The zero-order chi connectivity index (χ0) is 29.1. The number of benzene rings is 2. The van der Waals surface area contributed by atoms with E-state index in [4.69, 9.17) is 16.3 Å². The van der Waals surface area contributed by atoms with Crippen LogP contribution in [0.1, 0.15) is 15.9 Å². The number of rotatable bonds is 8. The molecule has 41 heavy (non-hydrogen) atoms. The summed E-state index contributed by atoms with van der Waals surface area (Å²) in [6.45, 7) is 4.69. The molecule has 0 radical (unpaired) electrons. The van der Waals surface area contributed by atoms with Crippen molar-refractivity contribution < 1.29 is 31.9 Å². The van der Waals surface area contributed by atoms with Gasteiger partial charge in [0, 0.05) is 43.1 Å². The second-order valence-corrected chi connectivity index (χ2v) is 12.9. The summed E-state index contributed by atoms with van der Waals surface area (Å²) in [6.07, 6.45) is -0.105. The van der Waals surface area contributed by atoms with E-state index in [9.17, 15) is 22.8 Å². The maximum atomic E-state index is 15.1. The first-order valence-corrected chi connectivity index (χ1v) is 15.2. The molecule has 1 aromatic heterocycles. The number of nitrogens with one attached hydrogen (secondary N) is 3. The normalized spacial score (nSPS) is 15.9. The number of urea groups is 1. The zero-order valence-corrected chi connectivity index (χ0v) is 23.9. The quantitative estimate of drug-likeness (QED) is 0.325. The molecule has 5 rings (SSSR count). The SMILES string of the molecule is O=C(Nc1ccc(N2C(=O)Cc3cc(NCCN4CCOCC4)ccc3C2=O)c(F)c1)NS(=O)(=O)c1ccc(Cl)s1. The van der Waals surface area contributed by atoms with Gasteiger partial charge in [0.25, 0.3) is 15.9 Å². The summed E-state index contributed by atoms with van der Waals surface area (Å²) in [6, 6.07) is 9.89. The van der Waals surface area contributed by atoms with E-state index in [1.807, 2.05) is 4.72 Å². The Morgan fingerprint density at radius 1 is 1.05 bits per heavy atom. The highest BCUT2D eigenvalue weighted by molar-refractivity contribution is 7.92. The summed E-state index contributed by atoms with van der Waals surface area (Å²) >= 11 is 6.52. The van der Waals surface area contributed by atoms with Gasteiger partial charge in [0.05, 0.1) is 29.7 Å².